The summed E-state index contributed by atoms with van der Waals surface area (Å²) < 4.78 is 0. The molecule has 82 valence electrons. The predicted molar refractivity (Wildman–Crippen MR) is 64.5 cm³/mol. The number of hydrogen-bond acceptors (Lipinski definition) is 3. The summed E-state index contributed by atoms with van der Waals surface area (Å²) in [5, 5.41) is 28.1. The molecule has 1 aromatic rings. The Hall–Kier alpha value is -2.57. The molecule has 0 saturated heterocycles. The predicted octanol–water partition coefficient (Wildman–Crippen LogP) is 1.20. The summed E-state index contributed by atoms with van der Waals surface area (Å²) in [5.74, 6) is 0. The lowest BCUT2D eigenvalue weighted by Crippen LogP contribution is -2.19. The maximum Gasteiger partial charge on any atom is 0.137 e. The lowest BCUT2D eigenvalue weighted by atomic mass is 10.0. The zero-order valence-corrected chi connectivity index (χ0v) is 10.00. The van der Waals surface area contributed by atoms with Crippen LogP contribution in [0.4, 0.5) is 0 Å². The first-order valence-corrected chi connectivity index (χ1v) is 5.08. The lowest BCUT2D eigenvalue weighted by Gasteiger charge is -2.01. The Labute approximate surface area is 100 Å². The fraction of sp³-hybridized carbons (Fsp3) is 0.214. The van der Waals surface area contributed by atoms with Gasteiger partial charge in [0.2, 0.25) is 0 Å². The first kappa shape index (κ1) is 12.5. The molecule has 0 amide bonds. The molecule has 0 bridgehead atoms. The first-order valence-electron chi connectivity index (χ1n) is 5.08. The largest absolute Gasteiger partial charge is 0.193 e. The second-order valence-electron chi connectivity index (χ2n) is 3.82. The van der Waals surface area contributed by atoms with Crippen LogP contribution in [-0.4, -0.2) is 0 Å². The molecule has 0 spiro atoms. The maximum absolute atomic E-state index is 8.88. The van der Waals surface area contributed by atoms with Gasteiger partial charge in [-0.2, -0.15) is 15.8 Å². The second-order valence-corrected chi connectivity index (χ2v) is 3.82. The van der Waals surface area contributed by atoms with E-state index in [0.29, 0.717) is 10.8 Å². The van der Waals surface area contributed by atoms with Crippen molar-refractivity contribution in [2.45, 2.75) is 20.8 Å². The number of aryl methyl sites for hydroxylation is 2. The Balaban J connectivity index is 3.90. The van der Waals surface area contributed by atoms with Crippen molar-refractivity contribution in [1.82, 2.24) is 0 Å². The molecule has 0 aliphatic rings. The molecular weight excluding hydrogens is 210 g/mol. The molecule has 0 aliphatic heterocycles. The number of nitriles is 3. The van der Waals surface area contributed by atoms with Crippen molar-refractivity contribution < 1.29 is 0 Å². The van der Waals surface area contributed by atoms with Gasteiger partial charge in [0.25, 0.3) is 0 Å². The molecule has 1 rings (SSSR count). The van der Waals surface area contributed by atoms with Crippen LogP contribution in [0.2, 0.25) is 0 Å². The highest BCUT2D eigenvalue weighted by molar-refractivity contribution is 5.73. The van der Waals surface area contributed by atoms with Crippen LogP contribution in [0, 0.1) is 47.8 Å². The van der Waals surface area contributed by atoms with Gasteiger partial charge in [-0.25, -0.2) is 0 Å². The van der Waals surface area contributed by atoms with Crippen molar-refractivity contribution in [3.05, 3.63) is 33.7 Å². The van der Waals surface area contributed by atoms with E-state index in [4.69, 9.17) is 15.8 Å². The molecule has 3 nitrogen and oxygen atoms in total. The van der Waals surface area contributed by atoms with E-state index in [2.05, 4.69) is 6.07 Å². The Kier molecular flexibility index (Phi) is 3.66. The molecule has 3 heteroatoms. The van der Waals surface area contributed by atoms with Crippen LogP contribution < -0.4 is 10.4 Å². The van der Waals surface area contributed by atoms with Crippen LogP contribution in [0.1, 0.15) is 18.1 Å². The minimum Gasteiger partial charge on any atom is -0.193 e. The fourth-order valence-electron chi connectivity index (χ4n) is 1.70. The zero-order valence-electron chi connectivity index (χ0n) is 10.00. The molecule has 0 heterocycles. The summed E-state index contributed by atoms with van der Waals surface area (Å²) in [4.78, 5) is 0. The summed E-state index contributed by atoms with van der Waals surface area (Å²) in [6.07, 6.45) is 0. The van der Waals surface area contributed by atoms with E-state index in [1.807, 2.05) is 32.1 Å². The molecular formula is C14H11N3. The molecule has 0 unspecified atom stereocenters. The van der Waals surface area contributed by atoms with E-state index in [1.165, 1.54) is 0 Å². The number of hydrogen-bond donors (Lipinski definition) is 0. The second kappa shape index (κ2) is 4.97. The molecule has 1 aromatic carbocycles. The fourth-order valence-corrected chi connectivity index (χ4v) is 1.70. The van der Waals surface area contributed by atoms with E-state index in [9.17, 15) is 0 Å². The zero-order chi connectivity index (χ0) is 13.0. The van der Waals surface area contributed by atoms with Gasteiger partial charge < -0.3 is 0 Å². The minimum atomic E-state index is 0.103. The highest BCUT2D eigenvalue weighted by atomic mass is 14.3. The number of benzene rings is 1. The molecule has 0 radical (unpaired) electrons. The van der Waals surface area contributed by atoms with Crippen molar-refractivity contribution in [2.24, 2.45) is 0 Å². The third kappa shape index (κ3) is 2.33. The summed E-state index contributed by atoms with van der Waals surface area (Å²) in [6, 6.07) is 9.50. The summed E-state index contributed by atoms with van der Waals surface area (Å²) in [7, 11) is 0. The van der Waals surface area contributed by atoms with Gasteiger partial charge >= 0.3 is 0 Å². The van der Waals surface area contributed by atoms with Gasteiger partial charge in [0.1, 0.15) is 17.7 Å². The summed E-state index contributed by atoms with van der Waals surface area (Å²) in [5.41, 5.74) is 2.46. The van der Waals surface area contributed by atoms with Crippen LogP contribution in [0.15, 0.2) is 12.1 Å². The van der Waals surface area contributed by atoms with E-state index >= 15 is 0 Å². The standard InChI is InChI=1S/C14H11N3/c1-9-5-14(12(7-16)8-17)10(2)4-13(9)11(3)6-15/h4-5H,1-3H3/b13-11+. The average Bonchev–Trinajstić information content (AvgIpc) is 2.33. The van der Waals surface area contributed by atoms with Crippen LogP contribution in [0.5, 0.6) is 0 Å². The van der Waals surface area contributed by atoms with Crippen molar-refractivity contribution in [2.75, 3.05) is 0 Å². The quantitative estimate of drug-likeness (QED) is 0.660. The van der Waals surface area contributed by atoms with Crippen molar-refractivity contribution in [3.8, 4) is 18.2 Å². The maximum atomic E-state index is 8.88. The Morgan fingerprint density at radius 1 is 0.882 bits per heavy atom. The Morgan fingerprint density at radius 3 is 1.82 bits per heavy atom. The van der Waals surface area contributed by atoms with Crippen molar-refractivity contribution in [1.29, 1.82) is 15.8 Å². The molecule has 0 fully saturated rings. The Bertz CT molecular complexity index is 688. The van der Waals surface area contributed by atoms with Gasteiger partial charge in [0.15, 0.2) is 0 Å². The normalized spacial score (nSPS) is 10.8. The van der Waals surface area contributed by atoms with Gasteiger partial charge in [-0.1, -0.05) is 6.07 Å². The summed E-state index contributed by atoms with van der Waals surface area (Å²) >= 11 is 0. The van der Waals surface area contributed by atoms with E-state index in [0.717, 1.165) is 16.3 Å². The van der Waals surface area contributed by atoms with Crippen LogP contribution in [0.25, 0.3) is 11.1 Å². The third-order valence-electron chi connectivity index (χ3n) is 2.64. The van der Waals surface area contributed by atoms with Crippen LogP contribution >= 0.6 is 0 Å². The highest BCUT2D eigenvalue weighted by Crippen LogP contribution is 1.97. The topological polar surface area (TPSA) is 71.4 Å². The van der Waals surface area contributed by atoms with Crippen molar-refractivity contribution >= 4 is 11.1 Å². The highest BCUT2D eigenvalue weighted by Gasteiger charge is 2.02. The molecule has 0 atom stereocenters. The minimum absolute atomic E-state index is 0.103. The monoisotopic (exact) mass is 221 g/mol. The van der Waals surface area contributed by atoms with Crippen LogP contribution in [-0.2, 0) is 0 Å². The van der Waals surface area contributed by atoms with E-state index in [1.54, 1.807) is 13.0 Å². The SMILES string of the molecule is C/C(C#N)=c1/cc(C)c(=C(C#N)C#N)cc1C. The van der Waals surface area contributed by atoms with Gasteiger partial charge in [-0.15, -0.1) is 0 Å². The molecule has 0 saturated carbocycles. The number of rotatable bonds is 0. The smallest absolute Gasteiger partial charge is 0.137 e. The van der Waals surface area contributed by atoms with Crippen molar-refractivity contribution in [3.63, 3.8) is 0 Å². The van der Waals surface area contributed by atoms with Gasteiger partial charge in [0.05, 0.1) is 6.07 Å². The Morgan fingerprint density at radius 2 is 1.35 bits per heavy atom. The van der Waals surface area contributed by atoms with Gasteiger partial charge in [0, 0.05) is 10.8 Å². The van der Waals surface area contributed by atoms with E-state index < -0.39 is 0 Å². The molecule has 17 heavy (non-hydrogen) atoms. The first-order chi connectivity index (χ1) is 8.04. The van der Waals surface area contributed by atoms with Crippen LogP contribution in [0.3, 0.4) is 0 Å². The molecule has 0 aliphatic carbocycles. The lowest BCUT2D eigenvalue weighted by molar-refractivity contribution is 1.29. The third-order valence-corrected chi connectivity index (χ3v) is 2.64. The van der Waals surface area contributed by atoms with Gasteiger partial charge in [-0.05, 0) is 43.2 Å². The average molecular weight is 221 g/mol. The number of nitrogens with zero attached hydrogens (tertiary/aromatic N) is 3. The molecule has 0 aromatic heterocycles. The van der Waals surface area contributed by atoms with E-state index in [-0.39, 0.29) is 5.57 Å². The molecule has 0 N–H and O–H groups in total. The summed E-state index contributed by atoms with van der Waals surface area (Å²) in [6.45, 7) is 5.45. The van der Waals surface area contributed by atoms with Gasteiger partial charge in [-0.3, -0.25) is 0 Å².